The summed E-state index contributed by atoms with van der Waals surface area (Å²) in [5.41, 5.74) is 2.30. The maximum atomic E-state index is 4.24. The lowest BCUT2D eigenvalue weighted by molar-refractivity contribution is 1.16. The Bertz CT molecular complexity index is 436. The molecule has 3 nitrogen and oxygen atoms in total. The maximum Gasteiger partial charge on any atom is 0.207 e. The van der Waals surface area contributed by atoms with E-state index < -0.39 is 0 Å². The van der Waals surface area contributed by atoms with Gasteiger partial charge in [0.1, 0.15) is 5.82 Å². The SMILES string of the molecule is Cc1nsc(Nc2ccccc2C)n1. The summed E-state index contributed by atoms with van der Waals surface area (Å²) >= 11 is 1.38. The fourth-order valence-corrected chi connectivity index (χ4v) is 1.76. The molecule has 4 heteroatoms. The smallest absolute Gasteiger partial charge is 0.207 e. The molecule has 0 saturated heterocycles. The first-order valence-corrected chi connectivity index (χ1v) is 5.16. The van der Waals surface area contributed by atoms with Crippen LogP contribution in [0.5, 0.6) is 0 Å². The summed E-state index contributed by atoms with van der Waals surface area (Å²) < 4.78 is 4.11. The summed E-state index contributed by atoms with van der Waals surface area (Å²) in [6, 6.07) is 8.12. The largest absolute Gasteiger partial charge is 0.330 e. The highest BCUT2D eigenvalue weighted by molar-refractivity contribution is 7.09. The van der Waals surface area contributed by atoms with Gasteiger partial charge in [-0.3, -0.25) is 0 Å². The number of benzene rings is 1. The number of nitrogens with zero attached hydrogens (tertiary/aromatic N) is 2. The zero-order valence-electron chi connectivity index (χ0n) is 8.11. The summed E-state index contributed by atoms with van der Waals surface area (Å²) in [6.07, 6.45) is 0. The molecule has 2 rings (SSSR count). The minimum atomic E-state index is 0.811. The molecule has 1 aromatic carbocycles. The molecule has 1 N–H and O–H groups in total. The fourth-order valence-electron chi connectivity index (χ4n) is 1.18. The molecule has 0 saturated carbocycles. The van der Waals surface area contributed by atoms with Crippen LogP contribution in [0.4, 0.5) is 10.8 Å². The molecule has 1 aromatic heterocycles. The first-order chi connectivity index (χ1) is 6.75. The Labute approximate surface area is 87.0 Å². The molecular formula is C10H11N3S. The monoisotopic (exact) mass is 205 g/mol. The van der Waals surface area contributed by atoms with Crippen molar-refractivity contribution in [2.24, 2.45) is 0 Å². The van der Waals surface area contributed by atoms with Crippen LogP contribution in [0.2, 0.25) is 0 Å². The molecule has 0 amide bonds. The number of aryl methyl sites for hydroxylation is 2. The van der Waals surface area contributed by atoms with Crippen LogP contribution in [-0.2, 0) is 0 Å². The van der Waals surface area contributed by atoms with E-state index in [1.165, 1.54) is 17.1 Å². The van der Waals surface area contributed by atoms with Crippen LogP contribution in [0.1, 0.15) is 11.4 Å². The highest BCUT2D eigenvalue weighted by atomic mass is 32.1. The third-order valence-corrected chi connectivity index (χ3v) is 2.64. The lowest BCUT2D eigenvalue weighted by Gasteiger charge is -2.04. The molecule has 0 bridgehead atoms. The van der Waals surface area contributed by atoms with Crippen molar-refractivity contribution in [3.8, 4) is 0 Å². The number of hydrogen-bond donors (Lipinski definition) is 1. The van der Waals surface area contributed by atoms with Crippen molar-refractivity contribution in [2.75, 3.05) is 5.32 Å². The van der Waals surface area contributed by atoms with Gasteiger partial charge in [0.15, 0.2) is 0 Å². The molecule has 0 aliphatic heterocycles. The number of nitrogens with one attached hydrogen (secondary N) is 1. The van der Waals surface area contributed by atoms with Gasteiger partial charge in [0, 0.05) is 17.2 Å². The Morgan fingerprint density at radius 3 is 2.64 bits per heavy atom. The molecule has 0 aliphatic rings. The average Bonchev–Trinajstić information content (AvgIpc) is 2.56. The van der Waals surface area contributed by atoms with Gasteiger partial charge in [-0.1, -0.05) is 18.2 Å². The first kappa shape index (κ1) is 9.15. The van der Waals surface area contributed by atoms with E-state index in [1.54, 1.807) is 0 Å². The molecule has 0 spiro atoms. The molecule has 2 aromatic rings. The van der Waals surface area contributed by atoms with Gasteiger partial charge in [0.05, 0.1) is 0 Å². The Hall–Kier alpha value is -1.42. The number of aromatic nitrogens is 2. The molecule has 1 heterocycles. The Morgan fingerprint density at radius 2 is 2.00 bits per heavy atom. The van der Waals surface area contributed by atoms with Crippen molar-refractivity contribution in [1.29, 1.82) is 0 Å². The van der Waals surface area contributed by atoms with Gasteiger partial charge in [-0.25, -0.2) is 4.98 Å². The third-order valence-electron chi connectivity index (χ3n) is 1.91. The number of hydrogen-bond acceptors (Lipinski definition) is 4. The van der Waals surface area contributed by atoms with E-state index in [4.69, 9.17) is 0 Å². The Morgan fingerprint density at radius 1 is 1.21 bits per heavy atom. The van der Waals surface area contributed by atoms with Gasteiger partial charge in [-0.15, -0.1) is 0 Å². The van der Waals surface area contributed by atoms with Gasteiger partial charge in [-0.05, 0) is 25.5 Å². The van der Waals surface area contributed by atoms with Crippen LogP contribution < -0.4 is 5.32 Å². The molecular weight excluding hydrogens is 194 g/mol. The van der Waals surface area contributed by atoms with E-state index >= 15 is 0 Å². The minimum Gasteiger partial charge on any atom is -0.330 e. The number of para-hydroxylation sites is 1. The normalized spacial score (nSPS) is 10.1. The van der Waals surface area contributed by atoms with Crippen molar-refractivity contribution in [2.45, 2.75) is 13.8 Å². The second-order valence-corrected chi connectivity index (χ2v) is 3.84. The minimum absolute atomic E-state index is 0.811. The van der Waals surface area contributed by atoms with Crippen LogP contribution in [0.25, 0.3) is 0 Å². The summed E-state index contributed by atoms with van der Waals surface area (Å²) in [6.45, 7) is 3.95. The van der Waals surface area contributed by atoms with E-state index in [0.717, 1.165) is 16.6 Å². The maximum absolute atomic E-state index is 4.24. The van der Waals surface area contributed by atoms with E-state index in [2.05, 4.69) is 27.7 Å². The second-order valence-electron chi connectivity index (χ2n) is 3.09. The zero-order valence-corrected chi connectivity index (χ0v) is 8.93. The van der Waals surface area contributed by atoms with Gasteiger partial charge < -0.3 is 5.32 Å². The third kappa shape index (κ3) is 1.90. The molecule has 0 unspecified atom stereocenters. The number of anilines is 2. The van der Waals surface area contributed by atoms with E-state index in [-0.39, 0.29) is 0 Å². The molecule has 0 aliphatic carbocycles. The average molecular weight is 205 g/mol. The van der Waals surface area contributed by atoms with Crippen molar-refractivity contribution in [3.05, 3.63) is 35.7 Å². The molecule has 72 valence electrons. The van der Waals surface area contributed by atoms with Crippen LogP contribution in [0, 0.1) is 13.8 Å². The quantitative estimate of drug-likeness (QED) is 0.819. The molecule has 0 radical (unpaired) electrons. The second kappa shape index (κ2) is 3.75. The molecule has 14 heavy (non-hydrogen) atoms. The van der Waals surface area contributed by atoms with E-state index in [1.807, 2.05) is 25.1 Å². The van der Waals surface area contributed by atoms with E-state index in [0.29, 0.717) is 0 Å². The molecule has 0 atom stereocenters. The predicted molar refractivity (Wildman–Crippen MR) is 59.1 cm³/mol. The van der Waals surface area contributed by atoms with Gasteiger partial charge in [0.2, 0.25) is 5.13 Å². The van der Waals surface area contributed by atoms with Crippen LogP contribution >= 0.6 is 11.5 Å². The van der Waals surface area contributed by atoms with Gasteiger partial charge >= 0.3 is 0 Å². The van der Waals surface area contributed by atoms with Crippen LogP contribution in [0.15, 0.2) is 24.3 Å². The number of rotatable bonds is 2. The van der Waals surface area contributed by atoms with Crippen molar-refractivity contribution < 1.29 is 0 Å². The van der Waals surface area contributed by atoms with Crippen molar-refractivity contribution in [3.63, 3.8) is 0 Å². The summed E-state index contributed by atoms with van der Waals surface area (Å²) in [4.78, 5) is 4.24. The van der Waals surface area contributed by atoms with Crippen molar-refractivity contribution in [1.82, 2.24) is 9.36 Å². The first-order valence-electron chi connectivity index (χ1n) is 4.38. The summed E-state index contributed by atoms with van der Waals surface area (Å²) in [7, 11) is 0. The highest BCUT2D eigenvalue weighted by Crippen LogP contribution is 2.20. The Balaban J connectivity index is 2.23. The molecule has 0 fully saturated rings. The topological polar surface area (TPSA) is 37.8 Å². The summed E-state index contributed by atoms with van der Waals surface area (Å²) in [5.74, 6) is 0.811. The van der Waals surface area contributed by atoms with Crippen LogP contribution in [0.3, 0.4) is 0 Å². The lowest BCUT2D eigenvalue weighted by atomic mass is 10.2. The predicted octanol–water partition coefficient (Wildman–Crippen LogP) is 2.90. The van der Waals surface area contributed by atoms with Crippen LogP contribution in [-0.4, -0.2) is 9.36 Å². The lowest BCUT2D eigenvalue weighted by Crippen LogP contribution is -1.91. The van der Waals surface area contributed by atoms with Gasteiger partial charge in [-0.2, -0.15) is 4.37 Å². The van der Waals surface area contributed by atoms with Crippen molar-refractivity contribution >= 4 is 22.4 Å². The zero-order chi connectivity index (χ0) is 9.97. The standard InChI is InChI=1S/C10H11N3S/c1-7-5-3-4-6-9(7)12-10-11-8(2)13-14-10/h3-6H,1-2H3,(H,11,12,13). The summed E-state index contributed by atoms with van der Waals surface area (Å²) in [5, 5.41) is 4.08. The fraction of sp³-hybridized carbons (Fsp3) is 0.200. The Kier molecular flexibility index (Phi) is 2.45. The van der Waals surface area contributed by atoms with E-state index in [9.17, 15) is 0 Å². The highest BCUT2D eigenvalue weighted by Gasteiger charge is 2.01. The van der Waals surface area contributed by atoms with Gasteiger partial charge in [0.25, 0.3) is 0 Å².